The first-order valence-corrected chi connectivity index (χ1v) is 7.11. The summed E-state index contributed by atoms with van der Waals surface area (Å²) in [4.78, 5) is 0. The lowest BCUT2D eigenvalue weighted by molar-refractivity contribution is -0.0499. The summed E-state index contributed by atoms with van der Waals surface area (Å²) in [5, 5.41) is -0.174. The van der Waals surface area contributed by atoms with Crippen molar-refractivity contribution in [3.8, 4) is 16.9 Å². The molecule has 2 aliphatic rings. The van der Waals surface area contributed by atoms with E-state index in [2.05, 4.69) is 4.18 Å². The fourth-order valence-electron chi connectivity index (χ4n) is 1.68. The summed E-state index contributed by atoms with van der Waals surface area (Å²) in [6, 6.07) is 7.84. The van der Waals surface area contributed by atoms with Crippen molar-refractivity contribution in [3.05, 3.63) is 40.9 Å². The van der Waals surface area contributed by atoms with Crippen molar-refractivity contribution in [2.75, 3.05) is 0 Å². The third-order valence-electron chi connectivity index (χ3n) is 2.65. The predicted octanol–water partition coefficient (Wildman–Crippen LogP) is 3.98. The average molecular weight is 325 g/mol. The average Bonchev–Trinajstić information content (AvgIpc) is 2.50. The second-order valence-corrected chi connectivity index (χ2v) is 5.95. The van der Waals surface area contributed by atoms with Crippen LogP contribution in [0.2, 0.25) is 5.02 Å². The summed E-state index contributed by atoms with van der Waals surface area (Å²) < 4.78 is 62.9. The van der Waals surface area contributed by atoms with Gasteiger partial charge in [-0.25, -0.2) is 0 Å². The van der Waals surface area contributed by atoms with Crippen LogP contribution >= 0.6 is 11.6 Å². The highest BCUT2D eigenvalue weighted by Gasteiger charge is 2.49. The van der Waals surface area contributed by atoms with Gasteiger partial charge in [-0.2, -0.15) is 21.6 Å². The number of halogens is 4. The maximum absolute atomic E-state index is 12.3. The molecule has 2 rings (SSSR count). The number of alkyl halides is 3. The summed E-state index contributed by atoms with van der Waals surface area (Å²) in [5.41, 5.74) is -3.83. The predicted molar refractivity (Wildman–Crippen MR) is 68.4 cm³/mol. The lowest BCUT2D eigenvalue weighted by atomic mass is 10.1. The van der Waals surface area contributed by atoms with Gasteiger partial charge in [0.15, 0.2) is 5.75 Å². The second kappa shape index (κ2) is 4.82. The van der Waals surface area contributed by atoms with Gasteiger partial charge in [-0.1, -0.05) is 35.9 Å². The lowest BCUT2D eigenvalue weighted by Crippen LogP contribution is -2.27. The summed E-state index contributed by atoms with van der Waals surface area (Å²) in [6.45, 7) is 1.72. The van der Waals surface area contributed by atoms with Crippen LogP contribution in [0.1, 0.15) is 5.56 Å². The first kappa shape index (κ1) is 14.9. The van der Waals surface area contributed by atoms with Crippen molar-refractivity contribution >= 4 is 21.7 Å². The number of aryl methyl sites for hydroxylation is 1. The molecular weight excluding hydrogens is 317 g/mol. The van der Waals surface area contributed by atoms with E-state index in [1.807, 2.05) is 0 Å². The monoisotopic (exact) mass is 324 g/mol. The Bertz CT molecular complexity index is 725. The molecule has 0 spiro atoms. The Balaban J connectivity index is 2.56. The van der Waals surface area contributed by atoms with Crippen LogP contribution in [-0.2, 0) is 10.1 Å². The van der Waals surface area contributed by atoms with Crippen molar-refractivity contribution in [2.24, 2.45) is 0 Å². The van der Waals surface area contributed by atoms with E-state index in [9.17, 15) is 21.6 Å². The van der Waals surface area contributed by atoms with Crippen molar-refractivity contribution in [1.82, 2.24) is 0 Å². The van der Waals surface area contributed by atoms with Gasteiger partial charge >= 0.3 is 15.6 Å². The van der Waals surface area contributed by atoms with Gasteiger partial charge < -0.3 is 4.18 Å². The van der Waals surface area contributed by atoms with E-state index in [1.165, 1.54) is 6.07 Å². The van der Waals surface area contributed by atoms with Crippen LogP contribution in [0, 0.1) is 6.92 Å². The minimum absolute atomic E-state index is 0.174. The zero-order valence-corrected chi connectivity index (χ0v) is 11.6. The SMILES string of the molecule is Cc1ccccc2c(Cl)c(OS(=O)(=O)C(F)(F)F)cc1-2. The topological polar surface area (TPSA) is 43.4 Å². The molecule has 0 saturated heterocycles. The molecule has 0 aromatic rings. The maximum Gasteiger partial charge on any atom is 0.534 e. The summed E-state index contributed by atoms with van der Waals surface area (Å²) in [6.07, 6.45) is 0. The highest BCUT2D eigenvalue weighted by atomic mass is 35.5. The van der Waals surface area contributed by atoms with E-state index < -0.39 is 21.4 Å². The second-order valence-electron chi connectivity index (χ2n) is 4.03. The molecule has 0 radical (unpaired) electrons. The van der Waals surface area contributed by atoms with Crippen molar-refractivity contribution in [1.29, 1.82) is 0 Å². The molecule has 0 N–H and O–H groups in total. The van der Waals surface area contributed by atoms with E-state index in [0.717, 1.165) is 5.56 Å². The summed E-state index contributed by atoms with van der Waals surface area (Å²) >= 11 is 5.89. The summed E-state index contributed by atoms with van der Waals surface area (Å²) in [7, 11) is -5.74. The van der Waals surface area contributed by atoms with Gasteiger partial charge in [0, 0.05) is 5.56 Å². The standard InChI is InChI=1S/C12H8ClF3O3S/c1-7-4-2-3-5-8-9(7)6-10(11(8)13)19-20(17,18)12(14,15)16/h2-6H,1H3. The Morgan fingerprint density at radius 2 is 1.75 bits per heavy atom. The van der Waals surface area contributed by atoms with Gasteiger partial charge in [0.25, 0.3) is 0 Å². The molecule has 0 bridgehead atoms. The lowest BCUT2D eigenvalue weighted by Gasteiger charge is -2.08. The van der Waals surface area contributed by atoms with Crippen molar-refractivity contribution in [3.63, 3.8) is 0 Å². The molecule has 0 unspecified atom stereocenters. The van der Waals surface area contributed by atoms with Gasteiger partial charge in [0.05, 0.1) is 5.02 Å². The number of hydrogen-bond acceptors (Lipinski definition) is 3. The van der Waals surface area contributed by atoms with E-state index in [1.54, 1.807) is 31.2 Å². The minimum Gasteiger partial charge on any atom is -0.374 e. The van der Waals surface area contributed by atoms with Crippen LogP contribution in [0.5, 0.6) is 5.75 Å². The van der Waals surface area contributed by atoms with Gasteiger partial charge in [0.2, 0.25) is 0 Å². The molecule has 3 nitrogen and oxygen atoms in total. The minimum atomic E-state index is -5.74. The third kappa shape index (κ3) is 2.55. The largest absolute Gasteiger partial charge is 0.534 e. The number of fused-ring (bicyclic) bond motifs is 1. The Morgan fingerprint density at radius 1 is 1.15 bits per heavy atom. The van der Waals surface area contributed by atoms with Gasteiger partial charge in [0.1, 0.15) is 0 Å². The quantitative estimate of drug-likeness (QED) is 0.620. The molecule has 108 valence electrons. The fraction of sp³-hybridized carbons (Fsp3) is 0.167. The molecule has 20 heavy (non-hydrogen) atoms. The van der Waals surface area contributed by atoms with Crippen LogP contribution in [0.4, 0.5) is 13.2 Å². The van der Waals surface area contributed by atoms with E-state index >= 15 is 0 Å². The highest BCUT2D eigenvalue weighted by molar-refractivity contribution is 7.88. The molecule has 0 fully saturated rings. The molecule has 0 aromatic heterocycles. The molecule has 0 aliphatic heterocycles. The molecule has 0 atom stereocenters. The van der Waals surface area contributed by atoms with Gasteiger partial charge in [-0.15, -0.1) is 0 Å². The number of hydrogen-bond donors (Lipinski definition) is 0. The van der Waals surface area contributed by atoms with Gasteiger partial charge in [-0.3, -0.25) is 0 Å². The van der Waals surface area contributed by atoms with Crippen LogP contribution < -0.4 is 4.18 Å². The third-order valence-corrected chi connectivity index (χ3v) is 4.00. The molecule has 8 heteroatoms. The van der Waals surface area contributed by atoms with Crippen LogP contribution in [-0.4, -0.2) is 13.9 Å². The zero-order valence-electron chi connectivity index (χ0n) is 10.0. The summed E-state index contributed by atoms with van der Waals surface area (Å²) in [5.74, 6) is -0.534. The Hall–Kier alpha value is -1.47. The molecule has 0 saturated carbocycles. The van der Waals surface area contributed by atoms with Crippen molar-refractivity contribution in [2.45, 2.75) is 12.4 Å². The first-order chi connectivity index (χ1) is 9.13. The molecule has 0 heterocycles. The van der Waals surface area contributed by atoms with E-state index in [4.69, 9.17) is 11.6 Å². The smallest absolute Gasteiger partial charge is 0.374 e. The normalized spacial score (nSPS) is 12.7. The number of rotatable bonds is 2. The Kier molecular flexibility index (Phi) is 3.60. The Labute approximate surface area is 118 Å². The zero-order chi connectivity index (χ0) is 15.1. The molecule has 2 aliphatic carbocycles. The highest BCUT2D eigenvalue weighted by Crippen LogP contribution is 2.43. The van der Waals surface area contributed by atoms with Gasteiger partial charge in [-0.05, 0) is 24.1 Å². The molecular formula is C12H8ClF3O3S. The van der Waals surface area contributed by atoms with E-state index in [0.29, 0.717) is 11.1 Å². The fourth-order valence-corrected chi connectivity index (χ4v) is 2.45. The first-order valence-electron chi connectivity index (χ1n) is 5.32. The van der Waals surface area contributed by atoms with Crippen LogP contribution in [0.3, 0.4) is 0 Å². The molecule has 0 amide bonds. The van der Waals surface area contributed by atoms with Crippen LogP contribution in [0.15, 0.2) is 30.3 Å². The van der Waals surface area contributed by atoms with Crippen LogP contribution in [0.25, 0.3) is 11.1 Å². The van der Waals surface area contributed by atoms with Crippen molar-refractivity contribution < 1.29 is 25.8 Å². The van der Waals surface area contributed by atoms with E-state index in [-0.39, 0.29) is 5.02 Å². The molecule has 0 aromatic carbocycles. The maximum atomic E-state index is 12.3. The Morgan fingerprint density at radius 3 is 2.35 bits per heavy atom.